The number of carbonyl (C=O) groups is 3. The third-order valence-corrected chi connectivity index (χ3v) is 5.21. The molecule has 3 N–H and O–H groups in total. The van der Waals surface area contributed by atoms with E-state index in [1.807, 2.05) is 44.4 Å². The first kappa shape index (κ1) is 22.5. The van der Waals surface area contributed by atoms with Crippen LogP contribution in [0.4, 0.5) is 5.69 Å². The highest BCUT2D eigenvalue weighted by Crippen LogP contribution is 2.17. The summed E-state index contributed by atoms with van der Waals surface area (Å²) in [5.41, 5.74) is 3.27. The number of hydrogen-bond donors (Lipinski definition) is 3. The first-order valence-corrected chi connectivity index (χ1v) is 10.8. The lowest BCUT2D eigenvalue weighted by Gasteiger charge is -2.18. The molecule has 0 saturated heterocycles. The van der Waals surface area contributed by atoms with Crippen molar-refractivity contribution >= 4 is 35.2 Å². The Labute approximate surface area is 175 Å². The minimum atomic E-state index is -0.705. The van der Waals surface area contributed by atoms with E-state index < -0.39 is 6.04 Å². The molecular formula is C22H27N3O3S. The van der Waals surface area contributed by atoms with Crippen molar-refractivity contribution in [2.45, 2.75) is 26.3 Å². The summed E-state index contributed by atoms with van der Waals surface area (Å²) in [7, 11) is 0. The Morgan fingerprint density at radius 3 is 2.41 bits per heavy atom. The van der Waals surface area contributed by atoms with Gasteiger partial charge in [-0.25, -0.2) is 0 Å². The average molecular weight is 414 g/mol. The van der Waals surface area contributed by atoms with Gasteiger partial charge in [-0.15, -0.1) is 0 Å². The summed E-state index contributed by atoms with van der Waals surface area (Å²) in [6, 6.07) is 13.7. The van der Waals surface area contributed by atoms with E-state index in [0.717, 1.165) is 16.8 Å². The maximum atomic E-state index is 12.6. The lowest BCUT2D eigenvalue weighted by molar-refractivity contribution is -0.125. The number of aryl methyl sites for hydroxylation is 1. The van der Waals surface area contributed by atoms with Crippen molar-refractivity contribution in [3.8, 4) is 0 Å². The van der Waals surface area contributed by atoms with Crippen LogP contribution in [-0.2, 0) is 9.59 Å². The molecule has 29 heavy (non-hydrogen) atoms. The third-order valence-electron chi connectivity index (χ3n) is 4.57. The van der Waals surface area contributed by atoms with Gasteiger partial charge in [-0.2, -0.15) is 11.8 Å². The second kappa shape index (κ2) is 11.3. The first-order valence-electron chi connectivity index (χ1n) is 9.41. The largest absolute Gasteiger partial charge is 0.345 e. The molecule has 0 heterocycles. The molecular weight excluding hydrogens is 386 g/mol. The van der Waals surface area contributed by atoms with Crippen molar-refractivity contribution in [3.05, 3.63) is 65.2 Å². The summed E-state index contributed by atoms with van der Waals surface area (Å²) in [6.07, 6.45) is 2.41. The third kappa shape index (κ3) is 6.94. The van der Waals surface area contributed by atoms with Gasteiger partial charge in [-0.1, -0.05) is 30.3 Å². The summed E-state index contributed by atoms with van der Waals surface area (Å²) in [4.78, 5) is 37.2. The first-order chi connectivity index (χ1) is 13.9. The van der Waals surface area contributed by atoms with Gasteiger partial charge in [0.1, 0.15) is 6.04 Å². The Morgan fingerprint density at radius 1 is 1.00 bits per heavy atom. The van der Waals surface area contributed by atoms with Crippen LogP contribution in [0, 0.1) is 13.8 Å². The number of nitrogens with one attached hydrogen (secondary N) is 3. The Hall–Kier alpha value is -2.80. The molecule has 0 fully saturated rings. The van der Waals surface area contributed by atoms with Gasteiger partial charge in [0.2, 0.25) is 11.8 Å². The Balaban J connectivity index is 1.93. The van der Waals surface area contributed by atoms with Crippen LogP contribution in [-0.4, -0.2) is 42.3 Å². The van der Waals surface area contributed by atoms with E-state index in [-0.39, 0.29) is 24.3 Å². The number of rotatable bonds is 9. The molecule has 7 heteroatoms. The highest BCUT2D eigenvalue weighted by Gasteiger charge is 2.21. The number of anilines is 1. The van der Waals surface area contributed by atoms with E-state index in [2.05, 4.69) is 16.0 Å². The standard InChI is InChI=1S/C22H27N3O3S/c1-15-8-7-11-18(16(15)2)24-20(26)14-23-22(28)19(12-13-29-3)25-21(27)17-9-5-4-6-10-17/h4-11,19H,12-14H2,1-3H3,(H,23,28)(H,24,26)(H,25,27). The van der Waals surface area contributed by atoms with E-state index in [4.69, 9.17) is 0 Å². The monoisotopic (exact) mass is 413 g/mol. The van der Waals surface area contributed by atoms with Gasteiger partial charge < -0.3 is 16.0 Å². The maximum Gasteiger partial charge on any atom is 0.251 e. The van der Waals surface area contributed by atoms with E-state index in [1.54, 1.807) is 36.0 Å². The molecule has 1 atom stereocenters. The molecule has 0 aliphatic rings. The molecule has 0 aliphatic heterocycles. The zero-order valence-corrected chi connectivity index (χ0v) is 17.8. The molecule has 1 unspecified atom stereocenters. The second-order valence-electron chi connectivity index (χ2n) is 6.69. The van der Waals surface area contributed by atoms with Crippen LogP contribution < -0.4 is 16.0 Å². The zero-order chi connectivity index (χ0) is 21.2. The molecule has 0 aliphatic carbocycles. The molecule has 2 rings (SSSR count). The van der Waals surface area contributed by atoms with E-state index >= 15 is 0 Å². The average Bonchev–Trinajstić information content (AvgIpc) is 2.73. The Morgan fingerprint density at radius 2 is 1.72 bits per heavy atom. The van der Waals surface area contributed by atoms with Crippen molar-refractivity contribution in [1.82, 2.24) is 10.6 Å². The fourth-order valence-corrected chi connectivity index (χ4v) is 3.18. The summed E-state index contributed by atoms with van der Waals surface area (Å²) < 4.78 is 0. The fraction of sp³-hybridized carbons (Fsp3) is 0.318. The lowest BCUT2D eigenvalue weighted by Crippen LogP contribution is -2.48. The summed E-state index contributed by atoms with van der Waals surface area (Å²) in [5.74, 6) is -0.293. The SMILES string of the molecule is CSCCC(NC(=O)c1ccccc1)C(=O)NCC(=O)Nc1cccc(C)c1C. The Bertz CT molecular complexity index is 856. The predicted octanol–water partition coefficient (Wildman–Crippen LogP) is 2.91. The van der Waals surface area contributed by atoms with Gasteiger partial charge in [0.15, 0.2) is 0 Å². The van der Waals surface area contributed by atoms with Crippen LogP contribution in [0.25, 0.3) is 0 Å². The van der Waals surface area contributed by atoms with Gasteiger partial charge in [0.05, 0.1) is 6.54 Å². The van der Waals surface area contributed by atoms with E-state index in [1.165, 1.54) is 0 Å². The van der Waals surface area contributed by atoms with Crippen LogP contribution in [0.5, 0.6) is 0 Å². The van der Waals surface area contributed by atoms with Crippen LogP contribution in [0.15, 0.2) is 48.5 Å². The summed E-state index contributed by atoms with van der Waals surface area (Å²) in [5, 5.41) is 8.20. The molecule has 0 bridgehead atoms. The number of carbonyl (C=O) groups excluding carboxylic acids is 3. The van der Waals surface area contributed by atoms with Crippen LogP contribution in [0.1, 0.15) is 27.9 Å². The summed E-state index contributed by atoms with van der Waals surface area (Å²) >= 11 is 1.59. The van der Waals surface area contributed by atoms with E-state index in [9.17, 15) is 14.4 Å². The number of benzene rings is 2. The number of hydrogen-bond acceptors (Lipinski definition) is 4. The van der Waals surface area contributed by atoms with Gasteiger partial charge in [0, 0.05) is 11.3 Å². The Kier molecular flexibility index (Phi) is 8.73. The van der Waals surface area contributed by atoms with Crippen molar-refractivity contribution in [2.24, 2.45) is 0 Å². The van der Waals surface area contributed by atoms with E-state index in [0.29, 0.717) is 17.7 Å². The van der Waals surface area contributed by atoms with Crippen LogP contribution >= 0.6 is 11.8 Å². The molecule has 0 radical (unpaired) electrons. The minimum Gasteiger partial charge on any atom is -0.345 e. The highest BCUT2D eigenvalue weighted by atomic mass is 32.2. The van der Waals surface area contributed by atoms with Crippen molar-refractivity contribution < 1.29 is 14.4 Å². The molecule has 2 aromatic carbocycles. The normalized spacial score (nSPS) is 11.4. The van der Waals surface area contributed by atoms with Crippen molar-refractivity contribution in [2.75, 3.05) is 23.9 Å². The smallest absolute Gasteiger partial charge is 0.251 e. The lowest BCUT2D eigenvalue weighted by atomic mass is 10.1. The number of amides is 3. The second-order valence-corrected chi connectivity index (χ2v) is 7.67. The zero-order valence-electron chi connectivity index (χ0n) is 17.0. The molecule has 2 aromatic rings. The maximum absolute atomic E-state index is 12.6. The molecule has 6 nitrogen and oxygen atoms in total. The van der Waals surface area contributed by atoms with Crippen LogP contribution in [0.3, 0.4) is 0 Å². The van der Waals surface area contributed by atoms with Gasteiger partial charge in [-0.05, 0) is 61.6 Å². The highest BCUT2D eigenvalue weighted by molar-refractivity contribution is 7.98. The summed E-state index contributed by atoms with van der Waals surface area (Å²) in [6.45, 7) is 3.74. The predicted molar refractivity (Wildman–Crippen MR) is 118 cm³/mol. The molecule has 0 spiro atoms. The van der Waals surface area contributed by atoms with Gasteiger partial charge in [0.25, 0.3) is 5.91 Å². The quantitative estimate of drug-likeness (QED) is 0.590. The molecule has 0 aromatic heterocycles. The van der Waals surface area contributed by atoms with Gasteiger partial charge in [-0.3, -0.25) is 14.4 Å². The van der Waals surface area contributed by atoms with Crippen molar-refractivity contribution in [3.63, 3.8) is 0 Å². The molecule has 0 saturated carbocycles. The number of thioether (sulfide) groups is 1. The molecule has 154 valence electrons. The molecule has 3 amide bonds. The minimum absolute atomic E-state index is 0.164. The van der Waals surface area contributed by atoms with Crippen molar-refractivity contribution in [1.29, 1.82) is 0 Å². The fourth-order valence-electron chi connectivity index (χ4n) is 2.71. The van der Waals surface area contributed by atoms with Crippen LogP contribution in [0.2, 0.25) is 0 Å². The topological polar surface area (TPSA) is 87.3 Å². The van der Waals surface area contributed by atoms with Gasteiger partial charge >= 0.3 is 0 Å².